The van der Waals surface area contributed by atoms with Crippen LogP contribution < -0.4 is 5.32 Å². The highest BCUT2D eigenvalue weighted by atomic mass is 35.5. The van der Waals surface area contributed by atoms with E-state index in [4.69, 9.17) is 16.3 Å². The van der Waals surface area contributed by atoms with Gasteiger partial charge in [-0.05, 0) is 49.7 Å². The minimum atomic E-state index is -0.608. The number of carbonyl (C=O) groups excluding carboxylic acids is 3. The number of Topliss-reactive ketones (excluding diaryl/α,β-unsaturated/α-hetero) is 1. The average molecular weight is 440 g/mol. The summed E-state index contributed by atoms with van der Waals surface area (Å²) in [5.74, 6) is -1.15. The Morgan fingerprint density at radius 2 is 1.74 bits per heavy atom. The van der Waals surface area contributed by atoms with Crippen LogP contribution in [0, 0.1) is 13.8 Å². The smallest absolute Gasteiger partial charge is 0.342 e. The molecule has 0 saturated carbocycles. The van der Waals surface area contributed by atoms with Gasteiger partial charge in [-0.25, -0.2) is 4.79 Å². The zero-order valence-corrected chi connectivity index (χ0v) is 18.2. The predicted molar refractivity (Wildman–Crippen MR) is 118 cm³/mol. The molecule has 1 aromatic heterocycles. The van der Waals surface area contributed by atoms with Gasteiger partial charge in [-0.15, -0.1) is 0 Å². The number of esters is 1. The van der Waals surface area contributed by atoms with Crippen molar-refractivity contribution in [2.75, 3.05) is 11.9 Å². The highest BCUT2D eigenvalue weighted by molar-refractivity contribution is 6.31. The number of ether oxygens (including phenoxy) is 1. The van der Waals surface area contributed by atoms with Crippen LogP contribution in [0.25, 0.3) is 0 Å². The van der Waals surface area contributed by atoms with E-state index in [2.05, 4.69) is 10.4 Å². The van der Waals surface area contributed by atoms with Crippen LogP contribution in [0.5, 0.6) is 0 Å². The van der Waals surface area contributed by atoms with Crippen LogP contribution in [0.1, 0.15) is 44.6 Å². The van der Waals surface area contributed by atoms with Gasteiger partial charge in [0.2, 0.25) is 5.91 Å². The van der Waals surface area contributed by atoms with Gasteiger partial charge in [-0.3, -0.25) is 14.3 Å². The van der Waals surface area contributed by atoms with Gasteiger partial charge in [-0.1, -0.05) is 29.8 Å². The average Bonchev–Trinajstić information content (AvgIpc) is 3.01. The second-order valence-corrected chi connectivity index (χ2v) is 7.46. The fourth-order valence-corrected chi connectivity index (χ4v) is 3.36. The van der Waals surface area contributed by atoms with E-state index in [1.54, 1.807) is 48.9 Å². The molecule has 31 heavy (non-hydrogen) atoms. The van der Waals surface area contributed by atoms with E-state index in [-0.39, 0.29) is 11.7 Å². The Bertz CT molecular complexity index is 1140. The molecule has 1 heterocycles. The van der Waals surface area contributed by atoms with Crippen LogP contribution in [0.15, 0.2) is 48.5 Å². The molecule has 7 nitrogen and oxygen atoms in total. The molecule has 0 aliphatic carbocycles. The number of carbonyl (C=O) groups is 3. The maximum atomic E-state index is 12.6. The van der Waals surface area contributed by atoms with Crippen LogP contribution in [-0.4, -0.2) is 34.0 Å². The SMILES string of the molecule is CC(=O)Nc1ccc(C(=O)COC(=O)c2c(C)nn(Cc3ccccc3Cl)c2C)cc1. The molecule has 0 aliphatic rings. The maximum Gasteiger partial charge on any atom is 0.342 e. The van der Waals surface area contributed by atoms with Crippen LogP contribution >= 0.6 is 11.6 Å². The van der Waals surface area contributed by atoms with Crippen LogP contribution in [0.3, 0.4) is 0 Å². The van der Waals surface area contributed by atoms with Crippen molar-refractivity contribution in [3.8, 4) is 0 Å². The first-order valence-electron chi connectivity index (χ1n) is 9.61. The monoisotopic (exact) mass is 439 g/mol. The van der Waals surface area contributed by atoms with E-state index in [0.29, 0.717) is 39.8 Å². The number of halogens is 1. The summed E-state index contributed by atoms with van der Waals surface area (Å²) in [4.78, 5) is 36.1. The first-order chi connectivity index (χ1) is 14.8. The number of hydrogen-bond donors (Lipinski definition) is 1. The molecule has 8 heteroatoms. The second kappa shape index (κ2) is 9.57. The van der Waals surface area contributed by atoms with Crippen molar-refractivity contribution in [1.29, 1.82) is 0 Å². The molecule has 0 saturated heterocycles. The Kier molecular flexibility index (Phi) is 6.87. The Hall–Kier alpha value is -3.45. The Morgan fingerprint density at radius 3 is 2.39 bits per heavy atom. The lowest BCUT2D eigenvalue weighted by molar-refractivity contribution is -0.114. The third kappa shape index (κ3) is 5.38. The number of aryl methyl sites for hydroxylation is 1. The highest BCUT2D eigenvalue weighted by Gasteiger charge is 2.21. The number of ketones is 1. The molecule has 0 bridgehead atoms. The highest BCUT2D eigenvalue weighted by Crippen LogP contribution is 2.20. The van der Waals surface area contributed by atoms with E-state index in [0.717, 1.165) is 5.56 Å². The molecule has 1 N–H and O–H groups in total. The fourth-order valence-electron chi connectivity index (χ4n) is 3.16. The molecule has 160 valence electrons. The number of nitrogens with one attached hydrogen (secondary N) is 1. The maximum absolute atomic E-state index is 12.6. The summed E-state index contributed by atoms with van der Waals surface area (Å²) in [5, 5.41) is 7.67. The minimum Gasteiger partial charge on any atom is -0.454 e. The molecule has 0 fully saturated rings. The van der Waals surface area contributed by atoms with Crippen molar-refractivity contribution in [1.82, 2.24) is 9.78 Å². The van der Waals surface area contributed by atoms with Crippen LogP contribution in [0.2, 0.25) is 5.02 Å². The van der Waals surface area contributed by atoms with Gasteiger partial charge >= 0.3 is 5.97 Å². The fraction of sp³-hybridized carbons (Fsp3) is 0.217. The van der Waals surface area contributed by atoms with Gasteiger partial charge < -0.3 is 10.1 Å². The number of benzene rings is 2. The third-order valence-electron chi connectivity index (χ3n) is 4.73. The first-order valence-corrected chi connectivity index (χ1v) is 9.99. The minimum absolute atomic E-state index is 0.200. The largest absolute Gasteiger partial charge is 0.454 e. The number of nitrogens with zero attached hydrogens (tertiary/aromatic N) is 2. The van der Waals surface area contributed by atoms with Crippen LogP contribution in [0.4, 0.5) is 5.69 Å². The number of aromatic nitrogens is 2. The first kappa shape index (κ1) is 22.2. The van der Waals surface area contributed by atoms with E-state index in [1.807, 2.05) is 18.2 Å². The molecule has 0 radical (unpaired) electrons. The summed E-state index contributed by atoms with van der Waals surface area (Å²) < 4.78 is 6.94. The Morgan fingerprint density at radius 1 is 1.06 bits per heavy atom. The molecular formula is C23H22ClN3O4. The van der Waals surface area contributed by atoms with Crippen molar-refractivity contribution < 1.29 is 19.1 Å². The molecule has 0 atom stereocenters. The summed E-state index contributed by atoms with van der Waals surface area (Å²) in [5.41, 5.74) is 3.33. The van der Waals surface area contributed by atoms with Gasteiger partial charge in [0.25, 0.3) is 0 Å². The lowest BCUT2D eigenvalue weighted by Crippen LogP contribution is -2.16. The third-order valence-corrected chi connectivity index (χ3v) is 5.09. The summed E-state index contributed by atoms with van der Waals surface area (Å²) in [6.45, 7) is 4.91. The quantitative estimate of drug-likeness (QED) is 0.440. The molecular weight excluding hydrogens is 418 g/mol. The van der Waals surface area contributed by atoms with E-state index in [9.17, 15) is 14.4 Å². The Labute approximate surface area is 185 Å². The van der Waals surface area contributed by atoms with E-state index in [1.165, 1.54) is 6.92 Å². The van der Waals surface area contributed by atoms with Crippen molar-refractivity contribution in [2.45, 2.75) is 27.3 Å². The molecule has 3 aromatic rings. The second-order valence-electron chi connectivity index (χ2n) is 7.05. The lowest BCUT2D eigenvalue weighted by atomic mass is 10.1. The van der Waals surface area contributed by atoms with Crippen molar-refractivity contribution >= 4 is 34.9 Å². The lowest BCUT2D eigenvalue weighted by Gasteiger charge is -2.08. The zero-order chi connectivity index (χ0) is 22.5. The standard InChI is InChI=1S/C23H22ClN3O4/c1-14-22(15(2)27(26-14)12-18-6-4-5-7-20(18)24)23(30)31-13-21(29)17-8-10-19(11-9-17)25-16(3)28/h4-11H,12-13H2,1-3H3,(H,25,28). The molecule has 3 rings (SSSR count). The number of hydrogen-bond acceptors (Lipinski definition) is 5. The number of anilines is 1. The number of rotatable bonds is 7. The van der Waals surface area contributed by atoms with Gasteiger partial charge in [0.1, 0.15) is 5.56 Å². The Balaban J connectivity index is 1.66. The normalized spacial score (nSPS) is 10.6. The molecule has 2 aromatic carbocycles. The van der Waals surface area contributed by atoms with Crippen LogP contribution in [-0.2, 0) is 16.1 Å². The summed E-state index contributed by atoms with van der Waals surface area (Å²) in [6, 6.07) is 13.8. The zero-order valence-electron chi connectivity index (χ0n) is 17.4. The summed E-state index contributed by atoms with van der Waals surface area (Å²) in [6.07, 6.45) is 0. The van der Waals surface area contributed by atoms with E-state index < -0.39 is 12.6 Å². The van der Waals surface area contributed by atoms with Crippen molar-refractivity contribution in [3.63, 3.8) is 0 Å². The molecule has 0 unspecified atom stereocenters. The van der Waals surface area contributed by atoms with Gasteiger partial charge in [0, 0.05) is 23.2 Å². The summed E-state index contributed by atoms with van der Waals surface area (Å²) >= 11 is 6.22. The van der Waals surface area contributed by atoms with Gasteiger partial charge in [-0.2, -0.15) is 5.10 Å². The molecule has 0 aliphatic heterocycles. The van der Waals surface area contributed by atoms with Crippen molar-refractivity contribution in [2.24, 2.45) is 0 Å². The van der Waals surface area contributed by atoms with Gasteiger partial charge in [0.05, 0.1) is 17.9 Å². The number of amides is 1. The topological polar surface area (TPSA) is 90.3 Å². The molecule has 1 amide bonds. The predicted octanol–water partition coefficient (Wildman–Crippen LogP) is 4.20. The van der Waals surface area contributed by atoms with E-state index >= 15 is 0 Å². The van der Waals surface area contributed by atoms with Gasteiger partial charge in [0.15, 0.2) is 12.4 Å². The molecule has 0 spiro atoms. The summed E-state index contributed by atoms with van der Waals surface area (Å²) in [7, 11) is 0. The van der Waals surface area contributed by atoms with Crippen molar-refractivity contribution in [3.05, 3.63) is 81.6 Å².